The molecule has 100 valence electrons. The highest BCUT2D eigenvalue weighted by atomic mass is 32.2. The third-order valence-electron chi connectivity index (χ3n) is 2.52. The Morgan fingerprint density at radius 2 is 2.17 bits per heavy atom. The molecule has 1 saturated heterocycles. The Morgan fingerprint density at radius 3 is 2.78 bits per heavy atom. The molecule has 2 rings (SSSR count). The molecule has 2 heterocycles. The minimum Gasteiger partial charge on any atom is -0.492 e. The molecule has 1 fully saturated rings. The summed E-state index contributed by atoms with van der Waals surface area (Å²) in [4.78, 5) is 16.3. The van der Waals surface area contributed by atoms with Crippen molar-refractivity contribution in [2.24, 2.45) is 0 Å². The summed E-state index contributed by atoms with van der Waals surface area (Å²) in [6.07, 6.45) is 3.09. The van der Waals surface area contributed by atoms with Gasteiger partial charge in [-0.15, -0.1) is 16.5 Å². The van der Waals surface area contributed by atoms with Gasteiger partial charge in [-0.25, -0.2) is 4.79 Å². The zero-order valence-electron chi connectivity index (χ0n) is 9.74. The van der Waals surface area contributed by atoms with Gasteiger partial charge < -0.3 is 19.8 Å². The molecule has 0 amide bonds. The van der Waals surface area contributed by atoms with Crippen molar-refractivity contribution in [3.8, 4) is 11.8 Å². The van der Waals surface area contributed by atoms with Crippen LogP contribution in [0.1, 0.15) is 19.3 Å². The number of aromatic hydroxyl groups is 2. The third kappa shape index (κ3) is 3.33. The topological polar surface area (TPSA) is 80.9 Å². The highest BCUT2D eigenvalue weighted by Crippen LogP contribution is 2.23. The Balaban J connectivity index is 1.78. The van der Waals surface area contributed by atoms with E-state index in [1.807, 2.05) is 0 Å². The molecule has 0 spiro atoms. The molecule has 0 saturated carbocycles. The molecule has 0 radical (unpaired) electrons. The van der Waals surface area contributed by atoms with Gasteiger partial charge in [0.15, 0.2) is 0 Å². The first-order valence-corrected chi connectivity index (χ1v) is 6.76. The summed E-state index contributed by atoms with van der Waals surface area (Å²) in [5.41, 5.74) is 0.0261. The second kappa shape index (κ2) is 6.01. The lowest BCUT2D eigenvalue weighted by atomic mass is 10.2. The van der Waals surface area contributed by atoms with Crippen LogP contribution < -0.4 is 4.84 Å². The second-order valence-electron chi connectivity index (χ2n) is 3.91. The molecule has 1 aromatic rings. The van der Waals surface area contributed by atoms with Crippen molar-refractivity contribution in [1.82, 2.24) is 4.73 Å². The number of rotatable bonds is 4. The van der Waals surface area contributed by atoms with Gasteiger partial charge in [-0.05, 0) is 19.3 Å². The molecule has 1 aliphatic rings. The quantitative estimate of drug-likeness (QED) is 0.855. The van der Waals surface area contributed by atoms with E-state index in [4.69, 9.17) is 9.57 Å². The Kier molecular flexibility index (Phi) is 4.38. The van der Waals surface area contributed by atoms with Crippen LogP contribution in [0.15, 0.2) is 12.1 Å². The normalized spacial score (nSPS) is 19.7. The van der Waals surface area contributed by atoms with E-state index in [0.717, 1.165) is 25.9 Å². The molecule has 2 N–H and O–H groups in total. The van der Waals surface area contributed by atoms with Crippen molar-refractivity contribution in [3.05, 3.63) is 12.1 Å². The van der Waals surface area contributed by atoms with Crippen LogP contribution in [0.2, 0.25) is 0 Å². The predicted molar refractivity (Wildman–Crippen MR) is 65.4 cm³/mol. The van der Waals surface area contributed by atoms with Crippen LogP contribution >= 0.6 is 11.8 Å². The zero-order chi connectivity index (χ0) is 13.0. The van der Waals surface area contributed by atoms with Crippen molar-refractivity contribution in [1.29, 1.82) is 0 Å². The molecule has 0 bridgehead atoms. The summed E-state index contributed by atoms with van der Waals surface area (Å²) in [6, 6.07) is 2.47. The minimum atomic E-state index is -0.545. The fourth-order valence-corrected chi connectivity index (χ4v) is 2.53. The average Bonchev–Trinajstić information content (AvgIpc) is 2.69. The largest absolute Gasteiger partial charge is 0.492 e. The molecular weight excluding hydrogens is 258 g/mol. The Labute approximate surface area is 108 Å². The van der Waals surface area contributed by atoms with E-state index < -0.39 is 5.97 Å². The van der Waals surface area contributed by atoms with E-state index in [2.05, 4.69) is 0 Å². The lowest BCUT2D eigenvalue weighted by Crippen LogP contribution is -2.23. The highest BCUT2D eigenvalue weighted by Gasteiger charge is 2.18. The van der Waals surface area contributed by atoms with Crippen LogP contribution in [0, 0.1) is 0 Å². The van der Waals surface area contributed by atoms with Crippen molar-refractivity contribution < 1.29 is 24.6 Å². The molecule has 0 aliphatic carbocycles. The van der Waals surface area contributed by atoms with Gasteiger partial charge in [-0.3, -0.25) is 0 Å². The molecule has 0 unspecified atom stereocenters. The maximum absolute atomic E-state index is 11.5. The molecular formula is C11H15NO5S. The molecule has 7 heteroatoms. The van der Waals surface area contributed by atoms with E-state index >= 15 is 0 Å². The highest BCUT2D eigenvalue weighted by molar-refractivity contribution is 8.00. The Hall–Kier alpha value is -1.34. The van der Waals surface area contributed by atoms with Crippen LogP contribution in [0.5, 0.6) is 11.8 Å². The number of aromatic nitrogens is 1. The first kappa shape index (κ1) is 13.1. The monoisotopic (exact) mass is 273 g/mol. The Morgan fingerprint density at radius 1 is 1.44 bits per heavy atom. The summed E-state index contributed by atoms with van der Waals surface area (Å²) < 4.78 is 6.15. The van der Waals surface area contributed by atoms with E-state index in [9.17, 15) is 15.0 Å². The van der Waals surface area contributed by atoms with E-state index in [1.54, 1.807) is 0 Å². The molecule has 1 atom stereocenters. The number of hydrogen-bond acceptors (Lipinski definition) is 6. The summed E-state index contributed by atoms with van der Waals surface area (Å²) in [5, 5.41) is 18.6. The number of hydrogen-bond donors (Lipinski definition) is 2. The van der Waals surface area contributed by atoms with Gasteiger partial charge in [0.1, 0.15) is 5.44 Å². The van der Waals surface area contributed by atoms with Gasteiger partial charge in [-0.2, -0.15) is 0 Å². The van der Waals surface area contributed by atoms with Gasteiger partial charge in [0.25, 0.3) is 0 Å². The summed E-state index contributed by atoms with van der Waals surface area (Å²) in [5.74, 6) is -1.07. The van der Waals surface area contributed by atoms with E-state index in [-0.39, 0.29) is 22.9 Å². The molecule has 1 aliphatic heterocycles. The lowest BCUT2D eigenvalue weighted by molar-refractivity contribution is -0.142. The smallest absolute Gasteiger partial charge is 0.343 e. The number of thioether (sulfide) groups is 1. The molecule has 6 nitrogen and oxygen atoms in total. The minimum absolute atomic E-state index is 0.0261. The Bertz CT molecular complexity index is 394. The third-order valence-corrected chi connectivity index (χ3v) is 3.66. The van der Waals surface area contributed by atoms with Crippen LogP contribution in [-0.2, 0) is 9.53 Å². The van der Waals surface area contributed by atoms with Crippen LogP contribution in [0.4, 0.5) is 0 Å². The summed E-state index contributed by atoms with van der Waals surface area (Å²) >= 11 is 1.37. The molecule has 18 heavy (non-hydrogen) atoms. The van der Waals surface area contributed by atoms with Gasteiger partial charge in [0.2, 0.25) is 11.8 Å². The standard InChI is InChI=1S/C11H15NO5S/c13-8-4-5-9(14)12(8)17-10(15)7-18-11-3-1-2-6-16-11/h4-5,11,13-14H,1-3,6-7H2/t11-/m0/s1. The first-order chi connectivity index (χ1) is 8.66. The fraction of sp³-hybridized carbons (Fsp3) is 0.545. The van der Waals surface area contributed by atoms with Crippen LogP contribution in [-0.4, -0.2) is 38.7 Å². The number of nitrogens with zero attached hydrogens (tertiary/aromatic N) is 1. The number of ether oxygens (including phenoxy) is 1. The van der Waals surface area contributed by atoms with Crippen molar-refractivity contribution in [2.45, 2.75) is 24.7 Å². The van der Waals surface area contributed by atoms with E-state index in [0.29, 0.717) is 4.73 Å². The van der Waals surface area contributed by atoms with Crippen molar-refractivity contribution in [2.75, 3.05) is 12.4 Å². The predicted octanol–water partition coefficient (Wildman–Crippen LogP) is 1.11. The van der Waals surface area contributed by atoms with Crippen molar-refractivity contribution in [3.63, 3.8) is 0 Å². The maximum Gasteiger partial charge on any atom is 0.343 e. The second-order valence-corrected chi connectivity index (χ2v) is 5.06. The SMILES string of the molecule is O=C(CS[C@H]1CCCCO1)On1c(O)ccc1O. The number of carbonyl (C=O) groups is 1. The fourth-order valence-electron chi connectivity index (χ4n) is 1.63. The molecule has 1 aromatic heterocycles. The summed E-state index contributed by atoms with van der Waals surface area (Å²) in [7, 11) is 0. The van der Waals surface area contributed by atoms with Gasteiger partial charge in [0, 0.05) is 18.7 Å². The van der Waals surface area contributed by atoms with Crippen molar-refractivity contribution >= 4 is 17.7 Å². The number of carbonyl (C=O) groups excluding carboxylic acids is 1. The maximum atomic E-state index is 11.5. The van der Waals surface area contributed by atoms with Crippen LogP contribution in [0.25, 0.3) is 0 Å². The van der Waals surface area contributed by atoms with Gasteiger partial charge in [-0.1, -0.05) is 0 Å². The van der Waals surface area contributed by atoms with Crippen LogP contribution in [0.3, 0.4) is 0 Å². The summed E-state index contributed by atoms with van der Waals surface area (Å²) in [6.45, 7) is 0.728. The molecule has 0 aromatic carbocycles. The zero-order valence-corrected chi connectivity index (χ0v) is 10.6. The first-order valence-electron chi connectivity index (χ1n) is 5.71. The lowest BCUT2D eigenvalue weighted by Gasteiger charge is -2.21. The van der Waals surface area contributed by atoms with Gasteiger partial charge in [0.05, 0.1) is 5.75 Å². The van der Waals surface area contributed by atoms with E-state index in [1.165, 1.54) is 23.9 Å². The average molecular weight is 273 g/mol. The van der Waals surface area contributed by atoms with Gasteiger partial charge >= 0.3 is 5.97 Å².